The van der Waals surface area contributed by atoms with Crippen LogP contribution in [0.2, 0.25) is 0 Å². The minimum absolute atomic E-state index is 0.222. The molecule has 0 N–H and O–H groups in total. The van der Waals surface area contributed by atoms with Gasteiger partial charge in [-0.3, -0.25) is 4.90 Å². The SMILES string of the molecule is CN(Cc1cccs1)C1CCC2(CC1)OCCO2. The van der Waals surface area contributed by atoms with Gasteiger partial charge in [-0.05, 0) is 31.3 Å². The van der Waals surface area contributed by atoms with Gasteiger partial charge < -0.3 is 9.47 Å². The summed E-state index contributed by atoms with van der Waals surface area (Å²) in [5, 5.41) is 2.15. The van der Waals surface area contributed by atoms with E-state index in [0.717, 1.165) is 32.6 Å². The first-order valence-corrected chi connectivity index (χ1v) is 7.66. The van der Waals surface area contributed by atoms with E-state index in [1.54, 1.807) is 0 Å². The summed E-state index contributed by atoms with van der Waals surface area (Å²) in [6.45, 7) is 2.61. The highest BCUT2D eigenvalue weighted by Gasteiger charge is 2.40. The van der Waals surface area contributed by atoms with Crippen molar-refractivity contribution >= 4 is 11.3 Å². The van der Waals surface area contributed by atoms with Gasteiger partial charge in [0.15, 0.2) is 5.79 Å². The number of hydrogen-bond donors (Lipinski definition) is 0. The molecule has 1 aliphatic heterocycles. The lowest BCUT2D eigenvalue weighted by Crippen LogP contribution is -2.42. The first kappa shape index (κ1) is 12.6. The molecule has 1 aliphatic carbocycles. The highest BCUT2D eigenvalue weighted by Crippen LogP contribution is 2.37. The number of hydrogen-bond acceptors (Lipinski definition) is 4. The summed E-state index contributed by atoms with van der Waals surface area (Å²) >= 11 is 1.84. The van der Waals surface area contributed by atoms with Crippen molar-refractivity contribution in [1.82, 2.24) is 4.90 Å². The van der Waals surface area contributed by atoms with Crippen molar-refractivity contribution in [3.8, 4) is 0 Å². The average molecular weight is 267 g/mol. The Morgan fingerprint density at radius 1 is 1.33 bits per heavy atom. The Labute approximate surface area is 113 Å². The summed E-state index contributed by atoms with van der Waals surface area (Å²) in [6.07, 6.45) is 4.46. The van der Waals surface area contributed by atoms with Crippen molar-refractivity contribution in [1.29, 1.82) is 0 Å². The second-order valence-electron chi connectivity index (χ2n) is 5.33. The van der Waals surface area contributed by atoms with Crippen molar-refractivity contribution in [2.75, 3.05) is 20.3 Å². The summed E-state index contributed by atoms with van der Waals surface area (Å²) in [4.78, 5) is 3.93. The van der Waals surface area contributed by atoms with Gasteiger partial charge in [-0.15, -0.1) is 11.3 Å². The zero-order chi connectivity index (χ0) is 12.4. The second kappa shape index (κ2) is 5.29. The summed E-state index contributed by atoms with van der Waals surface area (Å²) in [5.41, 5.74) is 0. The molecule has 0 bridgehead atoms. The molecule has 100 valence electrons. The topological polar surface area (TPSA) is 21.7 Å². The lowest BCUT2D eigenvalue weighted by molar-refractivity contribution is -0.183. The molecule has 1 aromatic rings. The molecule has 2 heterocycles. The van der Waals surface area contributed by atoms with Gasteiger partial charge >= 0.3 is 0 Å². The molecule has 1 saturated carbocycles. The van der Waals surface area contributed by atoms with Crippen LogP contribution < -0.4 is 0 Å². The maximum atomic E-state index is 5.78. The van der Waals surface area contributed by atoms with E-state index in [2.05, 4.69) is 29.5 Å². The Kier molecular flexibility index (Phi) is 3.71. The third-order valence-corrected chi connectivity index (χ3v) is 5.00. The molecule has 1 aromatic heterocycles. The maximum absolute atomic E-state index is 5.78. The first-order valence-electron chi connectivity index (χ1n) is 6.78. The lowest BCUT2D eigenvalue weighted by atomic mass is 9.89. The van der Waals surface area contributed by atoms with Crippen LogP contribution in [-0.4, -0.2) is 37.0 Å². The summed E-state index contributed by atoms with van der Waals surface area (Å²) in [5.74, 6) is -0.222. The number of nitrogens with zero attached hydrogens (tertiary/aromatic N) is 1. The molecule has 0 radical (unpaired) electrons. The largest absolute Gasteiger partial charge is 0.348 e. The predicted octanol–water partition coefficient (Wildman–Crippen LogP) is 2.87. The fourth-order valence-corrected chi connectivity index (χ4v) is 3.81. The van der Waals surface area contributed by atoms with Crippen LogP contribution in [0.4, 0.5) is 0 Å². The predicted molar refractivity (Wildman–Crippen MR) is 72.7 cm³/mol. The van der Waals surface area contributed by atoms with Crippen molar-refractivity contribution in [3.05, 3.63) is 22.4 Å². The van der Waals surface area contributed by atoms with Crippen molar-refractivity contribution in [2.24, 2.45) is 0 Å². The zero-order valence-electron chi connectivity index (χ0n) is 10.9. The van der Waals surface area contributed by atoms with E-state index < -0.39 is 0 Å². The standard InChI is InChI=1S/C14H21NO2S/c1-15(11-13-3-2-10-18-13)12-4-6-14(7-5-12)16-8-9-17-14/h2-3,10,12H,4-9,11H2,1H3. The van der Waals surface area contributed by atoms with Crippen LogP contribution >= 0.6 is 11.3 Å². The van der Waals surface area contributed by atoms with Gasteiger partial charge in [-0.25, -0.2) is 0 Å². The average Bonchev–Trinajstić information content (AvgIpc) is 3.03. The molecule has 4 heteroatoms. The monoisotopic (exact) mass is 267 g/mol. The molecule has 0 amide bonds. The number of ether oxygens (including phenoxy) is 2. The van der Waals surface area contributed by atoms with Gasteiger partial charge in [0.2, 0.25) is 0 Å². The minimum Gasteiger partial charge on any atom is -0.348 e. The first-order chi connectivity index (χ1) is 8.77. The molecule has 18 heavy (non-hydrogen) atoms. The molecule has 1 spiro atoms. The number of thiophene rings is 1. The van der Waals surface area contributed by atoms with Gasteiger partial charge in [0.25, 0.3) is 0 Å². The molecule has 0 unspecified atom stereocenters. The Hall–Kier alpha value is -0.420. The van der Waals surface area contributed by atoms with E-state index >= 15 is 0 Å². The van der Waals surface area contributed by atoms with E-state index in [1.807, 2.05) is 11.3 Å². The fraction of sp³-hybridized carbons (Fsp3) is 0.714. The van der Waals surface area contributed by atoms with Crippen molar-refractivity contribution in [3.63, 3.8) is 0 Å². The van der Waals surface area contributed by atoms with E-state index in [1.165, 1.54) is 17.7 Å². The Morgan fingerprint density at radius 3 is 2.67 bits per heavy atom. The molecular weight excluding hydrogens is 246 g/mol. The van der Waals surface area contributed by atoms with Crippen LogP contribution in [0.25, 0.3) is 0 Å². The van der Waals surface area contributed by atoms with E-state index in [9.17, 15) is 0 Å². The van der Waals surface area contributed by atoms with E-state index in [0.29, 0.717) is 6.04 Å². The molecule has 0 aromatic carbocycles. The molecular formula is C14H21NO2S. The molecule has 1 saturated heterocycles. The van der Waals surface area contributed by atoms with Gasteiger partial charge in [-0.2, -0.15) is 0 Å². The van der Waals surface area contributed by atoms with Crippen LogP contribution in [0, 0.1) is 0 Å². The molecule has 3 nitrogen and oxygen atoms in total. The number of rotatable bonds is 3. The van der Waals surface area contributed by atoms with Gasteiger partial charge in [0.1, 0.15) is 0 Å². The third-order valence-electron chi connectivity index (χ3n) is 4.14. The fourth-order valence-electron chi connectivity index (χ4n) is 3.05. The van der Waals surface area contributed by atoms with Gasteiger partial charge in [-0.1, -0.05) is 6.07 Å². The Morgan fingerprint density at radius 2 is 2.06 bits per heavy atom. The molecule has 3 rings (SSSR count). The molecule has 2 fully saturated rings. The maximum Gasteiger partial charge on any atom is 0.168 e. The Balaban J connectivity index is 1.52. The molecule has 0 atom stereocenters. The van der Waals surface area contributed by atoms with Gasteiger partial charge in [0.05, 0.1) is 13.2 Å². The van der Waals surface area contributed by atoms with Gasteiger partial charge in [0, 0.05) is 30.3 Å². The minimum atomic E-state index is -0.222. The third kappa shape index (κ3) is 2.62. The van der Waals surface area contributed by atoms with Crippen LogP contribution in [-0.2, 0) is 16.0 Å². The quantitative estimate of drug-likeness (QED) is 0.840. The van der Waals surface area contributed by atoms with Crippen LogP contribution in [0.1, 0.15) is 30.6 Å². The van der Waals surface area contributed by atoms with Crippen molar-refractivity contribution in [2.45, 2.75) is 44.1 Å². The zero-order valence-corrected chi connectivity index (χ0v) is 11.7. The summed E-state index contributed by atoms with van der Waals surface area (Å²) in [6, 6.07) is 5.02. The van der Waals surface area contributed by atoms with Crippen LogP contribution in [0.15, 0.2) is 17.5 Å². The molecule has 2 aliphatic rings. The van der Waals surface area contributed by atoms with Crippen molar-refractivity contribution < 1.29 is 9.47 Å². The smallest absolute Gasteiger partial charge is 0.168 e. The normalized spacial score (nSPS) is 24.1. The van der Waals surface area contributed by atoms with Crippen LogP contribution in [0.5, 0.6) is 0 Å². The van der Waals surface area contributed by atoms with E-state index in [-0.39, 0.29) is 5.79 Å². The Bertz CT molecular complexity index is 363. The highest BCUT2D eigenvalue weighted by atomic mass is 32.1. The van der Waals surface area contributed by atoms with Crippen LogP contribution in [0.3, 0.4) is 0 Å². The summed E-state index contributed by atoms with van der Waals surface area (Å²) in [7, 11) is 2.23. The highest BCUT2D eigenvalue weighted by molar-refractivity contribution is 7.09. The lowest BCUT2D eigenvalue weighted by Gasteiger charge is -2.38. The van der Waals surface area contributed by atoms with E-state index in [4.69, 9.17) is 9.47 Å². The second-order valence-corrected chi connectivity index (χ2v) is 6.37. The summed E-state index contributed by atoms with van der Waals surface area (Å²) < 4.78 is 11.6.